The Morgan fingerprint density at radius 2 is 0.677 bits per heavy atom. The Kier molecular flexibility index (Phi) is 8.09. The lowest BCUT2D eigenvalue weighted by Crippen LogP contribution is -2.73. The van der Waals surface area contributed by atoms with Crippen molar-refractivity contribution in [3.8, 4) is 11.1 Å². The van der Waals surface area contributed by atoms with Crippen LogP contribution in [0.15, 0.2) is 224 Å². The Labute approximate surface area is 384 Å². The number of hydrogen-bond acceptors (Lipinski definition) is 3. The van der Waals surface area contributed by atoms with Gasteiger partial charge in [0, 0.05) is 56.3 Å². The molecule has 0 amide bonds. The fraction of sp³-hybridized carbons (Fsp3) is 0. The summed E-state index contributed by atoms with van der Waals surface area (Å²) in [5.74, 6) is 0. The second kappa shape index (κ2) is 14.0. The van der Waals surface area contributed by atoms with Gasteiger partial charge in [-0.3, -0.25) is 0 Å². The zero-order chi connectivity index (χ0) is 42.9. The van der Waals surface area contributed by atoms with E-state index in [0.717, 1.165) is 26.7 Å². The van der Waals surface area contributed by atoms with Crippen LogP contribution in [-0.2, 0) is 4.57 Å². The van der Waals surface area contributed by atoms with E-state index in [1.807, 2.05) is 0 Å². The molecule has 0 aliphatic carbocycles. The third-order valence-electron chi connectivity index (χ3n) is 14.2. The van der Waals surface area contributed by atoms with Gasteiger partial charge in [-0.15, -0.1) is 22.7 Å². The van der Waals surface area contributed by atoms with Crippen LogP contribution in [0.2, 0.25) is 0 Å². The van der Waals surface area contributed by atoms with Crippen LogP contribution in [0.5, 0.6) is 0 Å². The Morgan fingerprint density at radius 1 is 0.292 bits per heavy atom. The van der Waals surface area contributed by atoms with Crippen LogP contribution in [0, 0.1) is 0 Å². The Hall–Kier alpha value is -6.91. The highest BCUT2D eigenvalue weighted by molar-refractivity contribution is 7.85. The standard InChI is InChI=1S/C60H37OPS2Si/c61-62(38-28-31-57-52(33-38)47-23-11-13-25-55(47)63-57,39-29-32-58-53(34-39)48-24-12-14-26-56(48)64-58)40-27-30-49-54-36-50-45-21-9-7-19-43(45)44-20-8-10-22-46(44)51(50)37-60(54)65(59(49)35-40,41-15-3-1-4-16-41)42-17-5-2-6-18-42/h1-37H. The molecule has 3 heterocycles. The molecular formula is C60H37OPS2Si. The molecule has 1 nitrogen and oxygen atoms in total. The van der Waals surface area contributed by atoms with Gasteiger partial charge in [0.2, 0.25) is 0 Å². The van der Waals surface area contributed by atoms with Crippen molar-refractivity contribution >= 4 is 147 Å². The van der Waals surface area contributed by atoms with E-state index in [-0.39, 0.29) is 0 Å². The second-order valence-corrected chi connectivity index (χ2v) is 26.1. The first-order chi connectivity index (χ1) is 32.1. The average molecular weight is 897 g/mol. The number of benzene rings is 11. The molecule has 5 heteroatoms. The van der Waals surface area contributed by atoms with Gasteiger partial charge in [-0.05, 0) is 125 Å². The molecule has 0 radical (unpaired) electrons. The first-order valence-electron chi connectivity index (χ1n) is 22.2. The molecule has 0 fully saturated rings. The van der Waals surface area contributed by atoms with Crippen molar-refractivity contribution in [2.45, 2.75) is 0 Å². The topological polar surface area (TPSA) is 17.1 Å². The lowest BCUT2D eigenvalue weighted by Gasteiger charge is -2.32. The largest absolute Gasteiger partial charge is 0.309 e. The number of rotatable bonds is 5. The number of thiophene rings is 2. The van der Waals surface area contributed by atoms with Gasteiger partial charge in [0.1, 0.15) is 0 Å². The summed E-state index contributed by atoms with van der Waals surface area (Å²) >= 11 is 3.60. The molecule has 2 aromatic heterocycles. The zero-order valence-corrected chi connectivity index (χ0v) is 38.6. The van der Waals surface area contributed by atoms with Crippen LogP contribution in [0.4, 0.5) is 0 Å². The predicted octanol–water partition coefficient (Wildman–Crippen LogP) is 12.9. The van der Waals surface area contributed by atoms with Crippen molar-refractivity contribution in [2.75, 3.05) is 0 Å². The van der Waals surface area contributed by atoms with E-state index in [1.165, 1.54) is 93.8 Å². The molecule has 0 N–H and O–H groups in total. The monoisotopic (exact) mass is 896 g/mol. The minimum absolute atomic E-state index is 0.860. The molecule has 13 aromatic rings. The lowest BCUT2D eigenvalue weighted by atomic mass is 9.92. The maximum absolute atomic E-state index is 17.3. The predicted molar refractivity (Wildman–Crippen MR) is 287 cm³/mol. The number of fused-ring (bicyclic) bond motifs is 15. The molecule has 1 aliphatic rings. The third-order valence-corrected chi connectivity index (χ3v) is 24.4. The van der Waals surface area contributed by atoms with Gasteiger partial charge in [-0.1, -0.05) is 164 Å². The van der Waals surface area contributed by atoms with E-state index in [4.69, 9.17) is 0 Å². The molecule has 65 heavy (non-hydrogen) atoms. The number of hydrogen-bond donors (Lipinski definition) is 0. The molecule has 14 rings (SSSR count). The Balaban J connectivity index is 1.11. The summed E-state index contributed by atoms with van der Waals surface area (Å²) in [5.41, 5.74) is 2.50. The molecule has 0 bridgehead atoms. The molecule has 0 spiro atoms. The van der Waals surface area contributed by atoms with Crippen molar-refractivity contribution in [1.29, 1.82) is 0 Å². The quantitative estimate of drug-likeness (QED) is 0.0956. The summed E-state index contributed by atoms with van der Waals surface area (Å²) in [7, 11) is -6.60. The molecular weight excluding hydrogens is 860 g/mol. The van der Waals surface area contributed by atoms with E-state index < -0.39 is 15.2 Å². The van der Waals surface area contributed by atoms with Crippen molar-refractivity contribution < 1.29 is 4.57 Å². The molecule has 11 aromatic carbocycles. The minimum atomic E-state index is -3.54. The van der Waals surface area contributed by atoms with Gasteiger partial charge in [0.15, 0.2) is 15.2 Å². The van der Waals surface area contributed by atoms with E-state index in [9.17, 15) is 0 Å². The van der Waals surface area contributed by atoms with E-state index >= 15 is 4.57 Å². The van der Waals surface area contributed by atoms with Crippen molar-refractivity contribution in [2.24, 2.45) is 0 Å². The summed E-state index contributed by atoms with van der Waals surface area (Å²) in [5, 5.41) is 20.2. The molecule has 304 valence electrons. The van der Waals surface area contributed by atoms with E-state index in [2.05, 4.69) is 224 Å². The fourth-order valence-corrected chi connectivity index (χ4v) is 21.5. The minimum Gasteiger partial charge on any atom is -0.309 e. The molecule has 0 atom stereocenters. The van der Waals surface area contributed by atoms with Gasteiger partial charge >= 0.3 is 0 Å². The lowest BCUT2D eigenvalue weighted by molar-refractivity contribution is 0.592. The van der Waals surface area contributed by atoms with Gasteiger partial charge in [0.25, 0.3) is 0 Å². The summed E-state index contributed by atoms with van der Waals surface area (Å²) in [6, 6.07) is 82.6. The molecule has 0 saturated carbocycles. The van der Waals surface area contributed by atoms with Crippen LogP contribution < -0.4 is 36.7 Å². The smallest absolute Gasteiger partial charge is 0.180 e. The van der Waals surface area contributed by atoms with Crippen molar-refractivity contribution in [3.63, 3.8) is 0 Å². The summed E-state index contributed by atoms with van der Waals surface area (Å²) in [6.07, 6.45) is 0. The molecule has 0 saturated heterocycles. The summed E-state index contributed by atoms with van der Waals surface area (Å²) in [4.78, 5) is 0. The van der Waals surface area contributed by atoms with Gasteiger partial charge < -0.3 is 4.57 Å². The van der Waals surface area contributed by atoms with Crippen LogP contribution in [0.3, 0.4) is 0 Å². The van der Waals surface area contributed by atoms with Gasteiger partial charge in [-0.25, -0.2) is 0 Å². The molecule has 1 aliphatic heterocycles. The highest BCUT2D eigenvalue weighted by Gasteiger charge is 2.50. The molecule has 0 unspecified atom stereocenters. The van der Waals surface area contributed by atoms with Crippen LogP contribution in [0.1, 0.15) is 0 Å². The zero-order valence-electron chi connectivity index (χ0n) is 35.0. The third kappa shape index (κ3) is 5.22. The van der Waals surface area contributed by atoms with E-state index in [1.54, 1.807) is 22.7 Å². The average Bonchev–Trinajstić information content (AvgIpc) is 4.03. The SMILES string of the molecule is O=P(c1ccc2c(c1)[Si](c1ccccc1)(c1ccccc1)c1cc3c4ccccc4c4ccccc4c3cc1-2)(c1ccc2sc3ccccc3c2c1)c1ccc2sc3ccccc3c2c1. The second-order valence-electron chi connectivity index (χ2n) is 17.4. The highest BCUT2D eigenvalue weighted by Crippen LogP contribution is 2.47. The maximum Gasteiger partial charge on any atom is 0.180 e. The normalized spacial score (nSPS) is 13.4. The fourth-order valence-electron chi connectivity index (χ4n) is 11.3. The highest BCUT2D eigenvalue weighted by atomic mass is 32.1. The first-order valence-corrected chi connectivity index (χ1v) is 27.5. The van der Waals surface area contributed by atoms with Crippen molar-refractivity contribution in [3.05, 3.63) is 224 Å². The Bertz CT molecular complexity index is 4010. The van der Waals surface area contributed by atoms with Gasteiger partial charge in [0.05, 0.1) is 0 Å². The van der Waals surface area contributed by atoms with Crippen LogP contribution in [-0.4, -0.2) is 8.07 Å². The van der Waals surface area contributed by atoms with Crippen LogP contribution in [0.25, 0.3) is 83.8 Å². The maximum atomic E-state index is 17.3. The first kappa shape index (κ1) is 37.5. The van der Waals surface area contributed by atoms with Crippen molar-refractivity contribution in [1.82, 2.24) is 0 Å². The van der Waals surface area contributed by atoms with E-state index in [0.29, 0.717) is 0 Å². The summed E-state index contributed by atoms with van der Waals surface area (Å²) in [6.45, 7) is 0. The summed E-state index contributed by atoms with van der Waals surface area (Å²) < 4.78 is 22.2. The van der Waals surface area contributed by atoms with Crippen LogP contribution >= 0.6 is 29.8 Å². The van der Waals surface area contributed by atoms with Gasteiger partial charge in [-0.2, -0.15) is 0 Å². The Morgan fingerprint density at radius 3 is 1.20 bits per heavy atom.